The van der Waals surface area contributed by atoms with Gasteiger partial charge in [-0.15, -0.1) is 0 Å². The Morgan fingerprint density at radius 2 is 2.03 bits per heavy atom. The zero-order chi connectivity index (χ0) is 22.9. The molecule has 0 aromatic carbocycles. The van der Waals surface area contributed by atoms with Gasteiger partial charge in [-0.2, -0.15) is 0 Å². The maximum absolute atomic E-state index is 12.4. The molecule has 9 nitrogen and oxygen atoms in total. The second-order valence-electron chi connectivity index (χ2n) is 9.40. The first-order valence-electron chi connectivity index (χ1n) is 11.1. The Bertz CT molecular complexity index is 990. The van der Waals surface area contributed by atoms with Crippen molar-refractivity contribution in [3.05, 3.63) is 35.4 Å². The molecule has 1 amide bonds. The molecule has 1 atom stereocenters. The second-order valence-corrected chi connectivity index (χ2v) is 9.40. The highest BCUT2D eigenvalue weighted by Gasteiger charge is 2.31. The number of aryl methyl sites for hydroxylation is 1. The maximum atomic E-state index is 12.4. The summed E-state index contributed by atoms with van der Waals surface area (Å²) < 4.78 is 10.8. The molecule has 2 aromatic heterocycles. The van der Waals surface area contributed by atoms with Crippen LogP contribution in [0.15, 0.2) is 18.6 Å². The highest BCUT2D eigenvalue weighted by atomic mass is 16.6. The van der Waals surface area contributed by atoms with Gasteiger partial charge in [-0.05, 0) is 40.2 Å². The van der Waals surface area contributed by atoms with E-state index in [1.807, 2.05) is 33.9 Å². The van der Waals surface area contributed by atoms with E-state index in [-0.39, 0.29) is 12.1 Å². The van der Waals surface area contributed by atoms with Gasteiger partial charge in [0.25, 0.3) is 0 Å². The molecule has 1 N–H and O–H groups in total. The van der Waals surface area contributed by atoms with Crippen molar-refractivity contribution in [2.24, 2.45) is 0 Å². The van der Waals surface area contributed by atoms with Gasteiger partial charge in [0.1, 0.15) is 17.7 Å². The average molecular weight is 441 g/mol. The lowest BCUT2D eigenvalue weighted by atomic mass is 10.0. The molecular weight excluding hydrogens is 408 g/mol. The standard InChI is InChI=1S/C23H32N6O3/c1-15-10-17(11-24-21(15)31-5)28-9-7-19-18(13-28)20(26-14-25-19)27-16-6-8-29(12-16)22(30)32-23(2,3)4/h10-11,14,16H,6-9,12-13H2,1-5H3,(H,25,26,27)/t16-/m0/s1. The summed E-state index contributed by atoms with van der Waals surface area (Å²) in [5.41, 5.74) is 3.74. The topological polar surface area (TPSA) is 92.7 Å². The van der Waals surface area contributed by atoms with Crippen molar-refractivity contribution >= 4 is 17.6 Å². The minimum atomic E-state index is -0.494. The number of nitrogens with zero attached hydrogens (tertiary/aromatic N) is 5. The normalized spacial score (nSPS) is 18.3. The number of hydrogen-bond acceptors (Lipinski definition) is 8. The number of pyridine rings is 1. The molecule has 2 aliphatic heterocycles. The van der Waals surface area contributed by atoms with Gasteiger partial charge < -0.3 is 24.6 Å². The molecule has 172 valence electrons. The summed E-state index contributed by atoms with van der Waals surface area (Å²) in [4.78, 5) is 29.9. The molecule has 0 spiro atoms. The van der Waals surface area contributed by atoms with Crippen LogP contribution >= 0.6 is 0 Å². The molecule has 0 unspecified atom stereocenters. The van der Waals surface area contributed by atoms with Crippen molar-refractivity contribution in [2.75, 3.05) is 37.0 Å². The number of amides is 1. The second kappa shape index (κ2) is 8.80. The third-order valence-electron chi connectivity index (χ3n) is 5.76. The van der Waals surface area contributed by atoms with E-state index in [4.69, 9.17) is 9.47 Å². The largest absolute Gasteiger partial charge is 0.481 e. The Balaban J connectivity index is 1.46. The summed E-state index contributed by atoms with van der Waals surface area (Å²) in [5.74, 6) is 1.49. The predicted molar refractivity (Wildman–Crippen MR) is 122 cm³/mol. The van der Waals surface area contributed by atoms with Crippen molar-refractivity contribution in [2.45, 2.75) is 58.7 Å². The Labute approximate surface area is 189 Å². The third kappa shape index (κ3) is 4.87. The van der Waals surface area contributed by atoms with Crippen molar-refractivity contribution < 1.29 is 14.3 Å². The summed E-state index contributed by atoms with van der Waals surface area (Å²) in [5, 5.41) is 3.56. The summed E-state index contributed by atoms with van der Waals surface area (Å²) >= 11 is 0. The van der Waals surface area contributed by atoms with Crippen LogP contribution in [0.5, 0.6) is 5.88 Å². The molecule has 1 saturated heterocycles. The van der Waals surface area contributed by atoms with Crippen LogP contribution in [0.1, 0.15) is 44.0 Å². The Morgan fingerprint density at radius 3 is 2.75 bits per heavy atom. The number of anilines is 2. The molecule has 0 bridgehead atoms. The minimum Gasteiger partial charge on any atom is -0.481 e. The summed E-state index contributed by atoms with van der Waals surface area (Å²) in [7, 11) is 1.63. The average Bonchev–Trinajstić information content (AvgIpc) is 3.21. The first-order chi connectivity index (χ1) is 15.2. The van der Waals surface area contributed by atoms with Gasteiger partial charge in [-0.3, -0.25) is 0 Å². The number of methoxy groups -OCH3 is 1. The molecule has 0 radical (unpaired) electrons. The Kier molecular flexibility index (Phi) is 6.08. The van der Waals surface area contributed by atoms with E-state index in [9.17, 15) is 4.79 Å². The van der Waals surface area contributed by atoms with Gasteiger partial charge in [0.05, 0.1) is 24.7 Å². The van der Waals surface area contributed by atoms with Gasteiger partial charge in [0.2, 0.25) is 5.88 Å². The predicted octanol–water partition coefficient (Wildman–Crippen LogP) is 3.17. The number of rotatable bonds is 4. The molecule has 2 aliphatic rings. The molecule has 9 heteroatoms. The van der Waals surface area contributed by atoms with Gasteiger partial charge in [-0.25, -0.2) is 19.7 Å². The number of nitrogens with one attached hydrogen (secondary N) is 1. The number of aromatic nitrogens is 3. The SMILES string of the molecule is COc1ncc(N2CCc3ncnc(N[C@H]4CCN(C(=O)OC(C)(C)C)C4)c3C2)cc1C. The van der Waals surface area contributed by atoms with Crippen molar-refractivity contribution in [1.82, 2.24) is 19.9 Å². The maximum Gasteiger partial charge on any atom is 0.410 e. The fraction of sp³-hybridized carbons (Fsp3) is 0.565. The van der Waals surface area contributed by atoms with E-state index in [0.717, 1.165) is 47.7 Å². The number of carbonyl (C=O) groups excluding carboxylic acids is 1. The lowest BCUT2D eigenvalue weighted by molar-refractivity contribution is 0.0293. The third-order valence-corrected chi connectivity index (χ3v) is 5.76. The number of likely N-dealkylation sites (tertiary alicyclic amines) is 1. The smallest absolute Gasteiger partial charge is 0.410 e. The number of hydrogen-bond donors (Lipinski definition) is 1. The van der Waals surface area contributed by atoms with Gasteiger partial charge in [0, 0.05) is 49.8 Å². The van der Waals surface area contributed by atoms with E-state index < -0.39 is 5.60 Å². The summed E-state index contributed by atoms with van der Waals surface area (Å²) in [6.07, 6.45) is 4.90. The molecule has 32 heavy (non-hydrogen) atoms. The number of fused-ring (bicyclic) bond motifs is 1. The van der Waals surface area contributed by atoms with Crippen molar-refractivity contribution in [3.63, 3.8) is 0 Å². The van der Waals surface area contributed by atoms with E-state index in [0.29, 0.717) is 25.5 Å². The first kappa shape index (κ1) is 22.1. The zero-order valence-corrected chi connectivity index (χ0v) is 19.5. The van der Waals surface area contributed by atoms with Crippen LogP contribution in [0.2, 0.25) is 0 Å². The van der Waals surface area contributed by atoms with Crippen molar-refractivity contribution in [3.8, 4) is 5.88 Å². The molecular formula is C23H32N6O3. The van der Waals surface area contributed by atoms with E-state index in [1.54, 1.807) is 18.3 Å². The number of ether oxygens (including phenoxy) is 2. The molecule has 0 saturated carbocycles. The molecule has 4 heterocycles. The van der Waals surface area contributed by atoms with Gasteiger partial charge in [-0.1, -0.05) is 0 Å². The van der Waals surface area contributed by atoms with Crippen LogP contribution in [-0.2, 0) is 17.7 Å². The molecule has 0 aliphatic carbocycles. The van der Waals surface area contributed by atoms with E-state index in [1.165, 1.54) is 0 Å². The van der Waals surface area contributed by atoms with Crippen LogP contribution in [0.25, 0.3) is 0 Å². The number of carbonyl (C=O) groups is 1. The monoisotopic (exact) mass is 440 g/mol. The summed E-state index contributed by atoms with van der Waals surface area (Å²) in [6, 6.07) is 2.23. The zero-order valence-electron chi connectivity index (χ0n) is 19.5. The highest BCUT2D eigenvalue weighted by molar-refractivity contribution is 5.68. The lowest BCUT2D eigenvalue weighted by Crippen LogP contribution is -2.37. The fourth-order valence-electron chi connectivity index (χ4n) is 4.18. The van der Waals surface area contributed by atoms with Gasteiger partial charge in [0.15, 0.2) is 0 Å². The Morgan fingerprint density at radius 1 is 1.22 bits per heavy atom. The summed E-state index contributed by atoms with van der Waals surface area (Å²) in [6.45, 7) is 10.5. The van der Waals surface area contributed by atoms with Crippen LogP contribution in [-0.4, -0.2) is 64.3 Å². The molecule has 1 fully saturated rings. The van der Waals surface area contributed by atoms with Crippen LogP contribution in [0.4, 0.5) is 16.3 Å². The lowest BCUT2D eigenvalue weighted by Gasteiger charge is -2.31. The minimum absolute atomic E-state index is 0.127. The van der Waals surface area contributed by atoms with Crippen LogP contribution in [0, 0.1) is 6.92 Å². The first-order valence-corrected chi connectivity index (χ1v) is 11.1. The molecule has 2 aromatic rings. The Hall–Kier alpha value is -3.10. The van der Waals surface area contributed by atoms with Crippen molar-refractivity contribution in [1.29, 1.82) is 0 Å². The van der Waals surface area contributed by atoms with Gasteiger partial charge >= 0.3 is 6.09 Å². The highest BCUT2D eigenvalue weighted by Crippen LogP contribution is 2.29. The quantitative estimate of drug-likeness (QED) is 0.775. The van der Waals surface area contributed by atoms with E-state index >= 15 is 0 Å². The van der Waals surface area contributed by atoms with E-state index in [2.05, 4.69) is 31.2 Å². The van der Waals surface area contributed by atoms with Crippen LogP contribution in [0.3, 0.4) is 0 Å². The molecule has 4 rings (SSSR count). The fourth-order valence-corrected chi connectivity index (χ4v) is 4.18. The van der Waals surface area contributed by atoms with Crippen LogP contribution < -0.4 is 15.0 Å².